The monoisotopic (exact) mass is 431 g/mol. The van der Waals surface area contributed by atoms with Gasteiger partial charge in [0.1, 0.15) is 11.9 Å². The Hall–Kier alpha value is -2.15. The molecule has 1 atom stereocenters. The first-order valence-corrected chi connectivity index (χ1v) is 11.6. The summed E-state index contributed by atoms with van der Waals surface area (Å²) in [6.45, 7) is 7.22. The van der Waals surface area contributed by atoms with Gasteiger partial charge in [-0.2, -0.15) is 0 Å². The summed E-state index contributed by atoms with van der Waals surface area (Å²) in [5.74, 6) is 0.456. The molecule has 1 aliphatic heterocycles. The predicted molar refractivity (Wildman–Crippen MR) is 120 cm³/mol. The van der Waals surface area contributed by atoms with Crippen molar-refractivity contribution >= 4 is 17.7 Å². The highest BCUT2D eigenvalue weighted by Gasteiger charge is 2.30. The van der Waals surface area contributed by atoms with E-state index in [1.54, 1.807) is 0 Å². The molecule has 1 amide bonds. The normalized spacial score (nSPS) is 21.4. The highest BCUT2D eigenvalue weighted by Crippen LogP contribution is 2.34. The van der Waals surface area contributed by atoms with Crippen molar-refractivity contribution in [1.29, 1.82) is 0 Å². The highest BCUT2D eigenvalue weighted by atomic mass is 16.5. The number of hydrogen-bond donors (Lipinski definition) is 3. The van der Waals surface area contributed by atoms with Crippen molar-refractivity contribution in [3.05, 3.63) is 23.4 Å². The van der Waals surface area contributed by atoms with Gasteiger partial charge in [-0.15, -0.1) is 0 Å². The van der Waals surface area contributed by atoms with E-state index in [9.17, 15) is 14.7 Å². The summed E-state index contributed by atoms with van der Waals surface area (Å²) in [4.78, 5) is 28.2. The number of ether oxygens (including phenoxy) is 1. The van der Waals surface area contributed by atoms with Gasteiger partial charge in [0.25, 0.3) is 0 Å². The molecule has 0 bridgehead atoms. The Morgan fingerprint density at radius 3 is 2.81 bits per heavy atom. The van der Waals surface area contributed by atoms with Crippen molar-refractivity contribution in [2.24, 2.45) is 11.3 Å². The van der Waals surface area contributed by atoms with E-state index in [0.29, 0.717) is 25.4 Å². The molecule has 1 aromatic rings. The van der Waals surface area contributed by atoms with Crippen molar-refractivity contribution in [3.8, 4) is 0 Å². The zero-order valence-electron chi connectivity index (χ0n) is 19.1. The molecular weight excluding hydrogens is 394 g/mol. The van der Waals surface area contributed by atoms with Gasteiger partial charge in [-0.3, -0.25) is 4.79 Å². The Morgan fingerprint density at radius 1 is 1.32 bits per heavy atom. The van der Waals surface area contributed by atoms with Gasteiger partial charge in [0, 0.05) is 31.7 Å². The standard InChI is InChI=1S/C24H37N3O4/c1-24(2,3)15-21(28)27-20(23(29)30)10-12-31-19-13-16(14-19)6-8-18-9-7-17-5-4-11-25-22(17)26-18/h7,9,16,19-20H,4-6,8,10-15H2,1-3H3,(H,25,26)(H,27,28)(H,29,30)/t16-,19+,20-/m0/s1. The number of aliphatic carboxylic acids is 1. The first-order valence-electron chi connectivity index (χ1n) is 11.6. The Balaban J connectivity index is 1.31. The molecule has 2 aliphatic rings. The van der Waals surface area contributed by atoms with Gasteiger partial charge in [0.2, 0.25) is 5.91 Å². The second-order valence-corrected chi connectivity index (χ2v) is 10.2. The van der Waals surface area contributed by atoms with Crippen LogP contribution in [-0.2, 0) is 27.2 Å². The molecule has 31 heavy (non-hydrogen) atoms. The van der Waals surface area contributed by atoms with Crippen LogP contribution in [0, 0.1) is 11.3 Å². The number of nitrogens with zero attached hydrogens (tertiary/aromatic N) is 1. The lowest BCUT2D eigenvalue weighted by atomic mass is 9.79. The summed E-state index contributed by atoms with van der Waals surface area (Å²) in [6, 6.07) is 3.46. The Labute approximate surface area is 185 Å². The van der Waals surface area contributed by atoms with E-state index in [4.69, 9.17) is 9.72 Å². The van der Waals surface area contributed by atoms with Crippen LogP contribution >= 0.6 is 0 Å². The van der Waals surface area contributed by atoms with Gasteiger partial charge < -0.3 is 20.5 Å². The van der Waals surface area contributed by atoms with Gasteiger partial charge in [-0.1, -0.05) is 26.8 Å². The first kappa shape index (κ1) is 23.5. The van der Waals surface area contributed by atoms with Gasteiger partial charge in [-0.25, -0.2) is 9.78 Å². The third kappa shape index (κ3) is 7.49. The third-order valence-corrected chi connectivity index (χ3v) is 6.04. The molecule has 7 heteroatoms. The molecule has 7 nitrogen and oxygen atoms in total. The number of carboxylic acid groups (broad SMARTS) is 1. The maximum absolute atomic E-state index is 12.0. The van der Waals surface area contributed by atoms with E-state index in [2.05, 4.69) is 22.8 Å². The number of pyridine rings is 1. The van der Waals surface area contributed by atoms with Crippen molar-refractivity contribution in [3.63, 3.8) is 0 Å². The summed E-state index contributed by atoms with van der Waals surface area (Å²) >= 11 is 0. The molecule has 2 heterocycles. The molecule has 1 aromatic heterocycles. The van der Waals surface area contributed by atoms with Crippen molar-refractivity contribution in [2.45, 2.75) is 84.3 Å². The Kier molecular flexibility index (Phi) is 7.92. The smallest absolute Gasteiger partial charge is 0.326 e. The summed E-state index contributed by atoms with van der Waals surface area (Å²) in [7, 11) is 0. The molecular formula is C24H37N3O4. The number of amides is 1. The third-order valence-electron chi connectivity index (χ3n) is 6.04. The maximum atomic E-state index is 12.0. The number of carbonyl (C=O) groups is 2. The highest BCUT2D eigenvalue weighted by molar-refractivity contribution is 5.83. The zero-order valence-corrected chi connectivity index (χ0v) is 19.1. The Morgan fingerprint density at radius 2 is 2.10 bits per heavy atom. The van der Waals surface area contributed by atoms with Crippen LogP contribution in [0.15, 0.2) is 12.1 Å². The number of aromatic nitrogens is 1. The van der Waals surface area contributed by atoms with Crippen LogP contribution in [0.25, 0.3) is 0 Å². The molecule has 0 spiro atoms. The fraction of sp³-hybridized carbons (Fsp3) is 0.708. The quantitative estimate of drug-likeness (QED) is 0.524. The number of carboxylic acids is 1. The number of hydrogen-bond acceptors (Lipinski definition) is 5. The summed E-state index contributed by atoms with van der Waals surface area (Å²) < 4.78 is 5.86. The zero-order chi connectivity index (χ0) is 22.4. The van der Waals surface area contributed by atoms with Crippen molar-refractivity contribution in [2.75, 3.05) is 18.5 Å². The van der Waals surface area contributed by atoms with Crippen LogP contribution in [0.3, 0.4) is 0 Å². The molecule has 1 fully saturated rings. The van der Waals surface area contributed by atoms with E-state index in [1.807, 2.05) is 20.8 Å². The first-order chi connectivity index (χ1) is 14.7. The number of carbonyl (C=O) groups excluding carboxylic acids is 1. The second-order valence-electron chi connectivity index (χ2n) is 10.2. The van der Waals surface area contributed by atoms with Gasteiger partial charge >= 0.3 is 5.97 Å². The average Bonchev–Trinajstić information content (AvgIpc) is 2.66. The van der Waals surface area contributed by atoms with Gasteiger partial charge in [0.05, 0.1) is 6.10 Å². The van der Waals surface area contributed by atoms with Gasteiger partial charge in [0.15, 0.2) is 0 Å². The largest absolute Gasteiger partial charge is 0.480 e. The summed E-state index contributed by atoms with van der Waals surface area (Å²) in [6.07, 6.45) is 7.18. The number of nitrogens with one attached hydrogen (secondary N) is 2. The minimum absolute atomic E-state index is 0.171. The second kappa shape index (κ2) is 10.4. The maximum Gasteiger partial charge on any atom is 0.326 e. The lowest BCUT2D eigenvalue weighted by molar-refractivity contribution is -0.143. The lowest BCUT2D eigenvalue weighted by Crippen LogP contribution is -2.43. The predicted octanol–water partition coefficient (Wildman–Crippen LogP) is 3.56. The topological polar surface area (TPSA) is 101 Å². The van der Waals surface area contributed by atoms with Crippen LogP contribution < -0.4 is 10.6 Å². The fourth-order valence-electron chi connectivity index (χ4n) is 4.24. The van der Waals surface area contributed by atoms with E-state index >= 15 is 0 Å². The molecule has 3 N–H and O–H groups in total. The van der Waals surface area contributed by atoms with Crippen LogP contribution in [-0.4, -0.2) is 47.3 Å². The number of aryl methyl sites for hydroxylation is 2. The molecule has 1 saturated carbocycles. The van der Waals surface area contributed by atoms with Crippen molar-refractivity contribution in [1.82, 2.24) is 10.3 Å². The number of anilines is 1. The van der Waals surface area contributed by atoms with E-state index in [-0.39, 0.29) is 17.4 Å². The van der Waals surface area contributed by atoms with Crippen molar-refractivity contribution < 1.29 is 19.4 Å². The number of rotatable bonds is 10. The van der Waals surface area contributed by atoms with Crippen LogP contribution in [0.5, 0.6) is 0 Å². The fourth-order valence-corrected chi connectivity index (χ4v) is 4.24. The average molecular weight is 432 g/mol. The summed E-state index contributed by atoms with van der Waals surface area (Å²) in [5.41, 5.74) is 2.30. The molecule has 172 valence electrons. The van der Waals surface area contributed by atoms with Gasteiger partial charge in [-0.05, 0) is 61.5 Å². The lowest BCUT2D eigenvalue weighted by Gasteiger charge is -2.35. The minimum atomic E-state index is -1.01. The molecule has 1 aliphatic carbocycles. The molecule has 0 saturated heterocycles. The van der Waals surface area contributed by atoms with E-state index < -0.39 is 12.0 Å². The SMILES string of the molecule is CC(C)(C)CC(=O)N[C@@H](CCO[C@H]1C[C@@H](CCc2ccc3c(n2)NCCC3)C1)C(=O)O. The van der Waals surface area contributed by atoms with E-state index in [0.717, 1.165) is 50.2 Å². The van der Waals surface area contributed by atoms with E-state index in [1.165, 1.54) is 12.0 Å². The molecule has 3 rings (SSSR count). The summed E-state index contributed by atoms with van der Waals surface area (Å²) in [5, 5.41) is 15.4. The van der Waals surface area contributed by atoms with Crippen LogP contribution in [0.1, 0.15) is 70.6 Å². The molecule has 0 aromatic carbocycles. The Bertz CT molecular complexity index is 769. The molecule has 0 unspecified atom stereocenters. The minimum Gasteiger partial charge on any atom is -0.480 e. The van der Waals surface area contributed by atoms with Crippen LogP contribution in [0.2, 0.25) is 0 Å². The molecule has 0 radical (unpaired) electrons. The number of fused-ring (bicyclic) bond motifs is 1. The van der Waals surface area contributed by atoms with Crippen LogP contribution in [0.4, 0.5) is 5.82 Å².